The molecule has 130 valence electrons. The van der Waals surface area contributed by atoms with E-state index in [1.54, 1.807) is 0 Å². The minimum absolute atomic E-state index is 0.0974. The largest absolute Gasteiger partial charge is 0.361 e. The summed E-state index contributed by atoms with van der Waals surface area (Å²) in [5.41, 5.74) is 3.08. The van der Waals surface area contributed by atoms with E-state index in [0.29, 0.717) is 0 Å². The Morgan fingerprint density at radius 3 is 2.84 bits per heavy atom. The number of halogens is 1. The highest BCUT2D eigenvalue weighted by molar-refractivity contribution is 7.78. The first-order chi connectivity index (χ1) is 11.9. The number of nitrogens with zero attached hydrogens (tertiary/aromatic N) is 1. The molecule has 0 bridgehead atoms. The van der Waals surface area contributed by atoms with Crippen molar-refractivity contribution in [3.63, 3.8) is 0 Å². The molecule has 0 saturated heterocycles. The minimum atomic E-state index is -0.391. The highest BCUT2D eigenvalue weighted by atomic mass is 35.5. The number of thiocarbonyl (C=S) groups is 1. The molecule has 1 aromatic heterocycles. The van der Waals surface area contributed by atoms with Gasteiger partial charge in [0.05, 0.1) is 16.6 Å². The Kier molecular flexibility index (Phi) is 5.02. The molecule has 1 aliphatic rings. The Hall–Kier alpha value is -1.67. The second kappa shape index (κ2) is 6.92. The molecule has 1 fully saturated rings. The van der Waals surface area contributed by atoms with E-state index < -0.39 is 5.41 Å². The monoisotopic (exact) mass is 370 g/mol. The second-order valence-electron chi connectivity index (χ2n) is 7.22. The van der Waals surface area contributed by atoms with Gasteiger partial charge >= 0.3 is 0 Å². The Morgan fingerprint density at radius 2 is 2.20 bits per heavy atom. The molecule has 1 aromatic carbocycles. The zero-order chi connectivity index (χ0) is 18.2. The van der Waals surface area contributed by atoms with Gasteiger partial charge in [0.25, 0.3) is 0 Å². The number of nitrogens with one attached hydrogen (secondary N) is 1. The molecule has 1 saturated carbocycles. The molecule has 1 aliphatic carbocycles. The van der Waals surface area contributed by atoms with Crippen LogP contribution in [0.15, 0.2) is 60.3 Å². The number of fused-ring (bicyclic) bond motifs is 1. The minimum Gasteiger partial charge on any atom is -0.361 e. The molecule has 0 unspecified atom stereocenters. The molecule has 1 N–H and O–H groups in total. The van der Waals surface area contributed by atoms with E-state index >= 15 is 0 Å². The average molecular weight is 371 g/mol. The normalized spacial score (nSPS) is 32.1. The number of alkyl halides is 1. The summed E-state index contributed by atoms with van der Waals surface area (Å²) in [7, 11) is 0. The van der Waals surface area contributed by atoms with Crippen LogP contribution < -0.4 is 0 Å². The summed E-state index contributed by atoms with van der Waals surface area (Å²) < 4.78 is 0. The molecule has 25 heavy (non-hydrogen) atoms. The lowest BCUT2D eigenvalue weighted by Crippen LogP contribution is -2.49. The van der Waals surface area contributed by atoms with Crippen molar-refractivity contribution in [2.24, 2.45) is 16.3 Å². The van der Waals surface area contributed by atoms with Crippen LogP contribution in [-0.4, -0.2) is 21.6 Å². The van der Waals surface area contributed by atoms with Crippen LogP contribution in [0.5, 0.6) is 0 Å². The third-order valence-corrected chi connectivity index (χ3v) is 6.64. The zero-order valence-electron chi connectivity index (χ0n) is 14.6. The number of hydrogen-bond acceptors (Lipinski definition) is 2. The number of aromatic nitrogens is 1. The summed E-state index contributed by atoms with van der Waals surface area (Å²) in [6.45, 7) is 12.4. The van der Waals surface area contributed by atoms with Crippen LogP contribution in [0.1, 0.15) is 31.7 Å². The van der Waals surface area contributed by atoms with Gasteiger partial charge in [-0.25, -0.2) is 4.99 Å². The van der Waals surface area contributed by atoms with Crippen molar-refractivity contribution in [1.29, 1.82) is 0 Å². The van der Waals surface area contributed by atoms with Gasteiger partial charge in [-0.05, 0) is 43.1 Å². The van der Waals surface area contributed by atoms with Gasteiger partial charge in [-0.1, -0.05) is 43.4 Å². The summed E-state index contributed by atoms with van der Waals surface area (Å²) in [6.07, 6.45) is 4.91. The first-order valence-electron chi connectivity index (χ1n) is 8.50. The summed E-state index contributed by atoms with van der Waals surface area (Å²) in [6, 6.07) is 8.24. The molecule has 4 heteroatoms. The smallest absolute Gasteiger partial charge is 0.0774 e. The summed E-state index contributed by atoms with van der Waals surface area (Å²) >= 11 is 11.9. The molecule has 2 nitrogen and oxygen atoms in total. The van der Waals surface area contributed by atoms with Crippen molar-refractivity contribution in [2.45, 2.75) is 37.6 Å². The van der Waals surface area contributed by atoms with Gasteiger partial charge in [-0.2, -0.15) is 0 Å². The van der Waals surface area contributed by atoms with E-state index in [9.17, 15) is 0 Å². The maximum absolute atomic E-state index is 6.90. The van der Waals surface area contributed by atoms with Crippen LogP contribution in [-0.2, 0) is 0 Å². The van der Waals surface area contributed by atoms with Crippen LogP contribution in [0.2, 0.25) is 0 Å². The van der Waals surface area contributed by atoms with Crippen LogP contribution in [0.3, 0.4) is 0 Å². The van der Waals surface area contributed by atoms with E-state index in [2.05, 4.69) is 66.5 Å². The number of H-pyrrole nitrogens is 1. The standard InChI is InChI=1S/C21H23ClN2S/c1-5-21(4)19(22)15(13(2)3)10-16(20(21)24-12-25)17-11-23-18-9-7-6-8-14(17)18/h5-9,11,15-16,19-20,23H,1-2,10H2,3-4H3/t15-,16-,19+,20+,21+/m0/s1. The molecule has 1 heterocycles. The van der Waals surface area contributed by atoms with E-state index in [0.717, 1.165) is 17.5 Å². The Labute approximate surface area is 159 Å². The molecule has 2 aromatic rings. The van der Waals surface area contributed by atoms with E-state index in [1.807, 2.05) is 12.1 Å². The van der Waals surface area contributed by atoms with Crippen LogP contribution in [0, 0.1) is 11.3 Å². The number of rotatable bonds is 4. The molecular formula is C21H23ClN2S. The van der Waals surface area contributed by atoms with E-state index in [-0.39, 0.29) is 23.3 Å². The highest BCUT2D eigenvalue weighted by Gasteiger charge is 2.51. The van der Waals surface area contributed by atoms with Gasteiger partial charge in [0.15, 0.2) is 0 Å². The number of para-hydroxylation sites is 1. The molecule has 0 aliphatic heterocycles. The fourth-order valence-corrected chi connectivity index (χ4v) is 4.87. The second-order valence-corrected chi connectivity index (χ2v) is 7.87. The van der Waals surface area contributed by atoms with Gasteiger partial charge in [-0.3, -0.25) is 0 Å². The van der Waals surface area contributed by atoms with Crippen molar-refractivity contribution >= 4 is 39.9 Å². The zero-order valence-corrected chi connectivity index (χ0v) is 16.2. The topological polar surface area (TPSA) is 28.1 Å². The molecule has 3 rings (SSSR count). The fraction of sp³-hybridized carbons (Fsp3) is 0.381. The van der Waals surface area contributed by atoms with Gasteiger partial charge in [0, 0.05) is 28.4 Å². The predicted molar refractivity (Wildman–Crippen MR) is 111 cm³/mol. The first-order valence-corrected chi connectivity index (χ1v) is 9.34. The Morgan fingerprint density at radius 1 is 1.48 bits per heavy atom. The lowest BCUT2D eigenvalue weighted by atomic mass is 9.60. The van der Waals surface area contributed by atoms with Crippen LogP contribution in [0.25, 0.3) is 10.9 Å². The van der Waals surface area contributed by atoms with Crippen molar-refractivity contribution in [1.82, 2.24) is 4.98 Å². The number of isothiocyanates is 1. The highest BCUT2D eigenvalue weighted by Crippen LogP contribution is 2.53. The molecule has 0 radical (unpaired) electrons. The fourth-order valence-electron chi connectivity index (χ4n) is 4.22. The lowest BCUT2D eigenvalue weighted by Gasteiger charge is -2.49. The van der Waals surface area contributed by atoms with Crippen molar-refractivity contribution in [2.75, 3.05) is 0 Å². The summed E-state index contributed by atoms with van der Waals surface area (Å²) in [4.78, 5) is 7.94. The third-order valence-electron chi connectivity index (χ3n) is 5.76. The predicted octanol–water partition coefficient (Wildman–Crippen LogP) is 6.12. The number of aromatic amines is 1. The average Bonchev–Trinajstić information content (AvgIpc) is 3.03. The molecular weight excluding hydrogens is 348 g/mol. The first kappa shape index (κ1) is 18.1. The number of aliphatic imine (C=N–C) groups is 1. The maximum atomic E-state index is 6.90. The number of benzene rings is 1. The molecule has 5 atom stereocenters. The van der Waals surface area contributed by atoms with E-state index in [1.165, 1.54) is 10.9 Å². The quantitative estimate of drug-likeness (QED) is 0.298. The van der Waals surface area contributed by atoms with Gasteiger partial charge in [-0.15, -0.1) is 18.2 Å². The summed E-state index contributed by atoms with van der Waals surface area (Å²) in [5, 5.41) is 3.70. The van der Waals surface area contributed by atoms with Crippen molar-refractivity contribution < 1.29 is 0 Å². The number of allylic oxidation sites excluding steroid dienone is 1. The lowest BCUT2D eigenvalue weighted by molar-refractivity contribution is 0.180. The Balaban J connectivity index is 2.19. The van der Waals surface area contributed by atoms with Crippen molar-refractivity contribution in [3.05, 3.63) is 60.8 Å². The van der Waals surface area contributed by atoms with E-state index in [4.69, 9.17) is 23.8 Å². The summed E-state index contributed by atoms with van der Waals surface area (Å²) in [5.74, 6) is 0.367. The van der Waals surface area contributed by atoms with Crippen LogP contribution in [0.4, 0.5) is 0 Å². The van der Waals surface area contributed by atoms with Gasteiger partial charge in [0.2, 0.25) is 0 Å². The number of hydrogen-bond donors (Lipinski definition) is 1. The van der Waals surface area contributed by atoms with Crippen molar-refractivity contribution in [3.8, 4) is 0 Å². The third kappa shape index (κ3) is 2.91. The van der Waals surface area contributed by atoms with Gasteiger partial charge < -0.3 is 4.98 Å². The Bertz CT molecular complexity index is 864. The SMILES string of the molecule is C=C[C@]1(C)[C@H](Cl)[C@H](C(=C)C)C[C@@H](c2c[nH]c3ccccc23)[C@H]1N=C=S. The molecule has 0 amide bonds. The van der Waals surface area contributed by atoms with Crippen LogP contribution >= 0.6 is 23.8 Å². The van der Waals surface area contributed by atoms with Gasteiger partial charge in [0.1, 0.15) is 0 Å². The maximum Gasteiger partial charge on any atom is 0.0774 e. The molecule has 0 spiro atoms.